The van der Waals surface area contributed by atoms with Gasteiger partial charge in [-0.15, -0.1) is 0 Å². The number of rotatable bonds is 6. The van der Waals surface area contributed by atoms with Crippen LogP contribution in [-0.2, 0) is 11.3 Å². The SMILES string of the molecule is CCC(C=O)CCCn1ncnc1Br. The molecular weight excluding hydrogens is 246 g/mol. The normalized spacial score (nSPS) is 12.7. The molecule has 0 amide bonds. The zero-order chi connectivity index (χ0) is 10.4. The number of nitrogens with zero attached hydrogens (tertiary/aromatic N) is 3. The fraction of sp³-hybridized carbons (Fsp3) is 0.667. The van der Waals surface area contributed by atoms with Crippen molar-refractivity contribution in [1.82, 2.24) is 14.8 Å². The van der Waals surface area contributed by atoms with Crippen molar-refractivity contribution < 1.29 is 4.79 Å². The number of hydrogen-bond donors (Lipinski definition) is 0. The van der Waals surface area contributed by atoms with Gasteiger partial charge in [0.2, 0.25) is 0 Å². The van der Waals surface area contributed by atoms with Crippen LogP contribution in [0, 0.1) is 5.92 Å². The fourth-order valence-electron chi connectivity index (χ4n) is 1.27. The van der Waals surface area contributed by atoms with Crippen LogP contribution >= 0.6 is 15.9 Å². The average Bonchev–Trinajstić information content (AvgIpc) is 2.59. The molecule has 0 radical (unpaired) electrons. The Hall–Kier alpha value is -0.710. The van der Waals surface area contributed by atoms with Crippen LogP contribution in [0.5, 0.6) is 0 Å². The van der Waals surface area contributed by atoms with E-state index in [1.165, 1.54) is 6.33 Å². The molecule has 0 saturated heterocycles. The molecule has 0 fully saturated rings. The topological polar surface area (TPSA) is 47.8 Å². The molecule has 1 unspecified atom stereocenters. The van der Waals surface area contributed by atoms with E-state index in [1.807, 2.05) is 6.92 Å². The van der Waals surface area contributed by atoms with Gasteiger partial charge >= 0.3 is 0 Å². The molecule has 0 aromatic carbocycles. The number of carbonyl (C=O) groups excluding carboxylic acids is 1. The summed E-state index contributed by atoms with van der Waals surface area (Å²) < 4.78 is 2.54. The van der Waals surface area contributed by atoms with Gasteiger partial charge in [0, 0.05) is 12.5 Å². The van der Waals surface area contributed by atoms with Crippen molar-refractivity contribution >= 4 is 22.2 Å². The molecule has 0 N–H and O–H groups in total. The third kappa shape index (κ3) is 3.21. The zero-order valence-corrected chi connectivity index (χ0v) is 9.77. The lowest BCUT2D eigenvalue weighted by Crippen LogP contribution is -2.05. The Morgan fingerprint density at radius 1 is 1.71 bits per heavy atom. The summed E-state index contributed by atoms with van der Waals surface area (Å²) in [6.07, 6.45) is 5.35. The molecule has 0 bridgehead atoms. The lowest BCUT2D eigenvalue weighted by molar-refractivity contribution is -0.111. The highest BCUT2D eigenvalue weighted by Crippen LogP contribution is 2.10. The molecule has 0 spiro atoms. The molecule has 0 aliphatic heterocycles. The number of aryl methyl sites for hydroxylation is 1. The first kappa shape index (κ1) is 11.4. The number of aromatic nitrogens is 3. The van der Waals surface area contributed by atoms with Crippen molar-refractivity contribution in [2.45, 2.75) is 32.7 Å². The third-order valence-corrected chi connectivity index (χ3v) is 2.84. The van der Waals surface area contributed by atoms with Crippen LogP contribution in [0.15, 0.2) is 11.1 Å². The molecule has 0 saturated carbocycles. The van der Waals surface area contributed by atoms with Gasteiger partial charge in [0.05, 0.1) is 0 Å². The Morgan fingerprint density at radius 2 is 2.50 bits per heavy atom. The molecule has 5 heteroatoms. The Morgan fingerprint density at radius 3 is 3.00 bits per heavy atom. The highest BCUT2D eigenvalue weighted by molar-refractivity contribution is 9.10. The summed E-state index contributed by atoms with van der Waals surface area (Å²) in [5, 5.41) is 4.03. The first-order valence-electron chi connectivity index (χ1n) is 4.76. The smallest absolute Gasteiger partial charge is 0.195 e. The summed E-state index contributed by atoms with van der Waals surface area (Å²) in [5.74, 6) is 0.192. The van der Waals surface area contributed by atoms with Gasteiger partial charge in [-0.25, -0.2) is 9.67 Å². The Bertz CT molecular complexity index is 287. The van der Waals surface area contributed by atoms with Crippen LogP contribution in [0.25, 0.3) is 0 Å². The van der Waals surface area contributed by atoms with Gasteiger partial charge in [-0.05, 0) is 35.2 Å². The van der Waals surface area contributed by atoms with Gasteiger partial charge in [0.15, 0.2) is 4.73 Å². The monoisotopic (exact) mass is 259 g/mol. The van der Waals surface area contributed by atoms with E-state index in [0.717, 1.165) is 36.8 Å². The van der Waals surface area contributed by atoms with E-state index in [4.69, 9.17) is 0 Å². The van der Waals surface area contributed by atoms with Crippen LogP contribution in [0.1, 0.15) is 26.2 Å². The van der Waals surface area contributed by atoms with Crippen LogP contribution in [0.4, 0.5) is 0 Å². The predicted molar refractivity (Wildman–Crippen MR) is 56.8 cm³/mol. The minimum atomic E-state index is 0.192. The van der Waals surface area contributed by atoms with Gasteiger partial charge < -0.3 is 4.79 Å². The van der Waals surface area contributed by atoms with Crippen molar-refractivity contribution in [3.8, 4) is 0 Å². The van der Waals surface area contributed by atoms with Gasteiger partial charge in [0.25, 0.3) is 0 Å². The number of aldehydes is 1. The van der Waals surface area contributed by atoms with Crippen molar-refractivity contribution in [3.05, 3.63) is 11.1 Å². The summed E-state index contributed by atoms with van der Waals surface area (Å²) in [7, 11) is 0. The second kappa shape index (κ2) is 5.90. The molecule has 78 valence electrons. The van der Waals surface area contributed by atoms with E-state index < -0.39 is 0 Å². The standard InChI is InChI=1S/C9H14BrN3O/c1-2-8(6-14)4-3-5-13-9(10)11-7-12-13/h6-8H,2-5H2,1H3. The quantitative estimate of drug-likeness (QED) is 0.735. The van der Waals surface area contributed by atoms with E-state index in [-0.39, 0.29) is 5.92 Å². The minimum Gasteiger partial charge on any atom is -0.303 e. The van der Waals surface area contributed by atoms with Crippen LogP contribution < -0.4 is 0 Å². The maximum atomic E-state index is 10.6. The van der Waals surface area contributed by atoms with E-state index in [0.29, 0.717) is 0 Å². The van der Waals surface area contributed by atoms with Crippen molar-refractivity contribution in [2.75, 3.05) is 0 Å². The highest BCUT2D eigenvalue weighted by atomic mass is 79.9. The fourth-order valence-corrected chi connectivity index (χ4v) is 1.63. The Labute approximate surface area is 91.8 Å². The summed E-state index contributed by atoms with van der Waals surface area (Å²) in [4.78, 5) is 14.5. The molecule has 0 aliphatic rings. The summed E-state index contributed by atoms with van der Waals surface area (Å²) in [6, 6.07) is 0. The second-order valence-electron chi connectivity index (χ2n) is 3.20. The maximum Gasteiger partial charge on any atom is 0.195 e. The molecule has 1 rings (SSSR count). The van der Waals surface area contributed by atoms with Crippen LogP contribution in [0.2, 0.25) is 0 Å². The number of carbonyl (C=O) groups is 1. The second-order valence-corrected chi connectivity index (χ2v) is 3.91. The summed E-state index contributed by atoms with van der Waals surface area (Å²) in [6.45, 7) is 2.84. The van der Waals surface area contributed by atoms with E-state index in [2.05, 4.69) is 26.0 Å². The molecule has 1 aromatic rings. The van der Waals surface area contributed by atoms with Gasteiger partial charge in [0.1, 0.15) is 12.6 Å². The first-order chi connectivity index (χ1) is 6.77. The lowest BCUT2D eigenvalue weighted by atomic mass is 10.0. The van der Waals surface area contributed by atoms with Gasteiger partial charge in [-0.1, -0.05) is 6.92 Å². The van der Waals surface area contributed by atoms with Crippen molar-refractivity contribution in [2.24, 2.45) is 5.92 Å². The molecule has 14 heavy (non-hydrogen) atoms. The summed E-state index contributed by atoms with van der Waals surface area (Å²) in [5.41, 5.74) is 0. The van der Waals surface area contributed by atoms with Gasteiger partial charge in [-0.2, -0.15) is 5.10 Å². The molecule has 0 aliphatic carbocycles. The number of halogens is 1. The zero-order valence-electron chi connectivity index (χ0n) is 8.19. The molecule has 4 nitrogen and oxygen atoms in total. The summed E-state index contributed by atoms with van der Waals surface area (Å²) >= 11 is 3.29. The highest BCUT2D eigenvalue weighted by Gasteiger charge is 2.05. The Kier molecular flexibility index (Phi) is 4.79. The van der Waals surface area contributed by atoms with Crippen LogP contribution in [-0.4, -0.2) is 21.1 Å². The molecule has 1 heterocycles. The number of hydrogen-bond acceptors (Lipinski definition) is 3. The van der Waals surface area contributed by atoms with E-state index in [1.54, 1.807) is 4.68 Å². The van der Waals surface area contributed by atoms with Crippen LogP contribution in [0.3, 0.4) is 0 Å². The van der Waals surface area contributed by atoms with E-state index in [9.17, 15) is 4.79 Å². The predicted octanol–water partition coefficient (Wildman–Crippen LogP) is 2.05. The minimum absolute atomic E-state index is 0.192. The third-order valence-electron chi connectivity index (χ3n) is 2.23. The van der Waals surface area contributed by atoms with Crippen molar-refractivity contribution in [1.29, 1.82) is 0 Å². The largest absolute Gasteiger partial charge is 0.303 e. The Balaban J connectivity index is 2.28. The average molecular weight is 260 g/mol. The van der Waals surface area contributed by atoms with Crippen molar-refractivity contribution in [3.63, 3.8) is 0 Å². The molecule has 1 atom stereocenters. The van der Waals surface area contributed by atoms with Gasteiger partial charge in [-0.3, -0.25) is 0 Å². The molecule has 1 aromatic heterocycles. The maximum absolute atomic E-state index is 10.6. The van der Waals surface area contributed by atoms with E-state index >= 15 is 0 Å². The molecular formula is C9H14BrN3O. The first-order valence-corrected chi connectivity index (χ1v) is 5.55. The lowest BCUT2D eigenvalue weighted by Gasteiger charge is -2.06.